The van der Waals surface area contributed by atoms with Crippen LogP contribution in [0.4, 0.5) is 0 Å². The van der Waals surface area contributed by atoms with Crippen molar-refractivity contribution in [1.82, 2.24) is 15.2 Å². The summed E-state index contributed by atoms with van der Waals surface area (Å²) in [4.78, 5) is 18.5. The lowest BCUT2D eigenvalue weighted by Gasteiger charge is -2.20. The quantitative estimate of drug-likeness (QED) is 0.735. The number of carbonyl (C=O) groups is 1. The average Bonchev–Trinajstić information content (AvgIpc) is 2.84. The van der Waals surface area contributed by atoms with Crippen LogP contribution < -0.4 is 5.32 Å². The molecule has 1 rings (SSSR count). The second-order valence-corrected chi connectivity index (χ2v) is 5.29. The van der Waals surface area contributed by atoms with Crippen LogP contribution in [0.1, 0.15) is 30.6 Å². The minimum absolute atomic E-state index is 0.287. The molecule has 0 radical (unpaired) electrons. The van der Waals surface area contributed by atoms with E-state index >= 15 is 0 Å². The molecule has 1 N–H and O–H groups in total. The minimum Gasteiger partial charge on any atom is -0.468 e. The fourth-order valence-electron chi connectivity index (χ4n) is 1.85. The van der Waals surface area contributed by atoms with E-state index in [1.54, 1.807) is 11.3 Å². The van der Waals surface area contributed by atoms with Gasteiger partial charge in [-0.2, -0.15) is 0 Å². The van der Waals surface area contributed by atoms with Crippen molar-refractivity contribution in [3.8, 4) is 0 Å². The third-order valence-electron chi connectivity index (χ3n) is 3.04. The summed E-state index contributed by atoms with van der Waals surface area (Å²) in [6, 6.07) is -0.467. The van der Waals surface area contributed by atoms with Crippen molar-refractivity contribution in [2.45, 2.75) is 26.8 Å². The summed E-state index contributed by atoms with van der Waals surface area (Å²) in [6.07, 6.45) is 0. The molecule has 19 heavy (non-hydrogen) atoms. The average molecular weight is 285 g/mol. The maximum atomic E-state index is 11.8. The number of esters is 1. The lowest BCUT2D eigenvalue weighted by Crippen LogP contribution is -2.37. The van der Waals surface area contributed by atoms with E-state index in [0.717, 1.165) is 36.9 Å². The predicted molar refractivity (Wildman–Crippen MR) is 77.4 cm³/mol. The van der Waals surface area contributed by atoms with E-state index in [-0.39, 0.29) is 5.97 Å². The third kappa shape index (κ3) is 4.89. The molecule has 108 valence electrons. The molecule has 0 fully saturated rings. The summed E-state index contributed by atoms with van der Waals surface area (Å²) in [6.45, 7) is 9.85. The van der Waals surface area contributed by atoms with Crippen LogP contribution in [-0.4, -0.2) is 49.1 Å². The molecule has 0 spiro atoms. The highest BCUT2D eigenvalue weighted by molar-refractivity contribution is 7.09. The highest BCUT2D eigenvalue weighted by Gasteiger charge is 2.23. The van der Waals surface area contributed by atoms with E-state index < -0.39 is 6.04 Å². The van der Waals surface area contributed by atoms with E-state index in [9.17, 15) is 4.79 Å². The first kappa shape index (κ1) is 16.1. The maximum Gasteiger partial charge on any atom is 0.329 e. The number of rotatable bonds is 8. The Hall–Kier alpha value is -0.980. The van der Waals surface area contributed by atoms with Crippen LogP contribution in [0.5, 0.6) is 0 Å². The molecule has 1 heterocycles. The fourth-order valence-corrected chi connectivity index (χ4v) is 2.48. The number of methoxy groups -OCH3 is 1. The molecule has 0 aliphatic heterocycles. The van der Waals surface area contributed by atoms with Gasteiger partial charge in [-0.05, 0) is 20.0 Å². The van der Waals surface area contributed by atoms with Crippen LogP contribution in [0, 0.1) is 6.92 Å². The molecular weight excluding hydrogens is 262 g/mol. The molecule has 0 aliphatic rings. The highest BCUT2D eigenvalue weighted by Crippen LogP contribution is 2.17. The summed E-state index contributed by atoms with van der Waals surface area (Å²) in [5, 5.41) is 6.08. The van der Waals surface area contributed by atoms with Crippen LogP contribution in [0.3, 0.4) is 0 Å². The molecule has 0 bridgehead atoms. The van der Waals surface area contributed by atoms with Gasteiger partial charge < -0.3 is 9.64 Å². The Morgan fingerprint density at radius 2 is 2.21 bits per heavy atom. The monoisotopic (exact) mass is 285 g/mol. The van der Waals surface area contributed by atoms with Gasteiger partial charge in [-0.15, -0.1) is 11.3 Å². The van der Waals surface area contributed by atoms with Gasteiger partial charge >= 0.3 is 5.97 Å². The van der Waals surface area contributed by atoms with Gasteiger partial charge in [0, 0.05) is 18.5 Å². The van der Waals surface area contributed by atoms with Crippen molar-refractivity contribution in [2.75, 3.05) is 33.3 Å². The largest absolute Gasteiger partial charge is 0.468 e. The van der Waals surface area contributed by atoms with E-state index in [0.29, 0.717) is 0 Å². The molecular formula is C13H23N3O2S. The van der Waals surface area contributed by atoms with Crippen molar-refractivity contribution in [3.05, 3.63) is 16.1 Å². The first-order chi connectivity index (χ1) is 9.12. The number of hydrogen-bond donors (Lipinski definition) is 1. The molecule has 0 aliphatic carbocycles. The normalized spacial score (nSPS) is 12.7. The summed E-state index contributed by atoms with van der Waals surface area (Å²) < 4.78 is 4.84. The molecule has 6 heteroatoms. The van der Waals surface area contributed by atoms with Crippen LogP contribution in [0.2, 0.25) is 0 Å². The smallest absolute Gasteiger partial charge is 0.329 e. The lowest BCUT2D eigenvalue weighted by atomic mass is 10.2. The molecule has 5 nitrogen and oxygen atoms in total. The molecule has 1 aromatic heterocycles. The first-order valence-electron chi connectivity index (χ1n) is 6.57. The zero-order chi connectivity index (χ0) is 14.3. The van der Waals surface area contributed by atoms with Gasteiger partial charge in [0.2, 0.25) is 0 Å². The second-order valence-electron chi connectivity index (χ2n) is 4.23. The Morgan fingerprint density at radius 3 is 2.68 bits per heavy atom. The Kier molecular flexibility index (Phi) is 6.97. The Labute approximate surface area is 119 Å². The van der Waals surface area contributed by atoms with E-state index in [2.05, 4.69) is 29.0 Å². The molecule has 1 aromatic rings. The molecule has 0 saturated carbocycles. The minimum atomic E-state index is -0.467. The summed E-state index contributed by atoms with van der Waals surface area (Å²) in [7, 11) is 1.40. The number of likely N-dealkylation sites (N-methyl/N-ethyl adjacent to an activating group) is 1. The van der Waals surface area contributed by atoms with Crippen molar-refractivity contribution >= 4 is 17.3 Å². The summed E-state index contributed by atoms with van der Waals surface area (Å²) in [5.41, 5.74) is 0.744. The number of hydrogen-bond acceptors (Lipinski definition) is 6. The van der Waals surface area contributed by atoms with Gasteiger partial charge in [0.25, 0.3) is 0 Å². The number of aromatic nitrogens is 1. The van der Waals surface area contributed by atoms with E-state index in [1.165, 1.54) is 7.11 Å². The number of nitrogens with zero attached hydrogens (tertiary/aromatic N) is 2. The zero-order valence-electron chi connectivity index (χ0n) is 12.1. The van der Waals surface area contributed by atoms with E-state index in [1.807, 2.05) is 12.3 Å². The SMILES string of the molecule is CCN(CC)CCNC(C(=O)OC)c1csc(C)n1. The fraction of sp³-hybridized carbons (Fsp3) is 0.692. The van der Waals surface area contributed by atoms with Gasteiger partial charge in [-0.3, -0.25) is 5.32 Å². The van der Waals surface area contributed by atoms with Crippen LogP contribution in [0.25, 0.3) is 0 Å². The Bertz CT molecular complexity index is 391. The molecule has 0 saturated heterocycles. The summed E-state index contributed by atoms with van der Waals surface area (Å²) in [5.74, 6) is -0.287. The maximum absolute atomic E-state index is 11.8. The number of carbonyl (C=O) groups excluding carboxylic acids is 1. The molecule has 0 aromatic carbocycles. The van der Waals surface area contributed by atoms with Crippen molar-refractivity contribution in [2.24, 2.45) is 0 Å². The van der Waals surface area contributed by atoms with Gasteiger partial charge in [-0.1, -0.05) is 13.8 Å². The van der Waals surface area contributed by atoms with Crippen LogP contribution >= 0.6 is 11.3 Å². The van der Waals surface area contributed by atoms with Crippen molar-refractivity contribution < 1.29 is 9.53 Å². The molecule has 0 amide bonds. The van der Waals surface area contributed by atoms with Gasteiger partial charge in [0.1, 0.15) is 6.04 Å². The second kappa shape index (κ2) is 8.24. The topological polar surface area (TPSA) is 54.5 Å². The van der Waals surface area contributed by atoms with Crippen molar-refractivity contribution in [3.63, 3.8) is 0 Å². The number of aryl methyl sites for hydroxylation is 1. The third-order valence-corrected chi connectivity index (χ3v) is 3.83. The van der Waals surface area contributed by atoms with Gasteiger partial charge in [-0.25, -0.2) is 9.78 Å². The molecule has 1 unspecified atom stereocenters. The molecule has 1 atom stereocenters. The number of thiazole rings is 1. The lowest BCUT2D eigenvalue weighted by molar-refractivity contribution is -0.143. The number of nitrogens with one attached hydrogen (secondary N) is 1. The van der Waals surface area contributed by atoms with Gasteiger partial charge in [0.15, 0.2) is 0 Å². The Balaban J connectivity index is 2.59. The highest BCUT2D eigenvalue weighted by atomic mass is 32.1. The van der Waals surface area contributed by atoms with Gasteiger partial charge in [0.05, 0.1) is 17.8 Å². The van der Waals surface area contributed by atoms with Crippen LogP contribution in [0.15, 0.2) is 5.38 Å². The number of ether oxygens (including phenoxy) is 1. The Morgan fingerprint density at radius 1 is 1.53 bits per heavy atom. The van der Waals surface area contributed by atoms with Crippen LogP contribution in [-0.2, 0) is 9.53 Å². The zero-order valence-corrected chi connectivity index (χ0v) is 12.9. The predicted octanol–water partition coefficient (Wildman–Crippen LogP) is 1.60. The summed E-state index contributed by atoms with van der Waals surface area (Å²) >= 11 is 1.54. The van der Waals surface area contributed by atoms with E-state index in [4.69, 9.17) is 4.74 Å². The standard InChI is InChI=1S/C13H23N3O2S/c1-5-16(6-2)8-7-14-12(13(17)18-4)11-9-19-10(3)15-11/h9,12,14H,5-8H2,1-4H3. The van der Waals surface area contributed by atoms with Crippen molar-refractivity contribution in [1.29, 1.82) is 0 Å². The first-order valence-corrected chi connectivity index (χ1v) is 7.45.